The SMILES string of the molecule is COc1ccc(N2C(=O)NC(=O)/C(=C\c3ccccc3OCC(=O)Nc3ccc(C)c(Cl)c3)C2=O)cc1. The van der Waals surface area contributed by atoms with Crippen LogP contribution in [-0.2, 0) is 14.4 Å². The van der Waals surface area contributed by atoms with Gasteiger partial charge in [-0.25, -0.2) is 9.69 Å². The molecule has 37 heavy (non-hydrogen) atoms. The number of barbiturate groups is 1. The molecule has 1 heterocycles. The van der Waals surface area contributed by atoms with E-state index in [1.165, 1.54) is 25.3 Å². The van der Waals surface area contributed by atoms with Crippen molar-refractivity contribution in [1.82, 2.24) is 5.32 Å². The van der Waals surface area contributed by atoms with Gasteiger partial charge in [0.2, 0.25) is 0 Å². The van der Waals surface area contributed by atoms with Crippen LogP contribution >= 0.6 is 11.6 Å². The molecule has 9 nitrogen and oxygen atoms in total. The van der Waals surface area contributed by atoms with E-state index in [-0.39, 0.29) is 23.6 Å². The number of aryl methyl sites for hydroxylation is 1. The zero-order valence-corrected chi connectivity index (χ0v) is 20.7. The average molecular weight is 520 g/mol. The van der Waals surface area contributed by atoms with Gasteiger partial charge >= 0.3 is 6.03 Å². The highest BCUT2D eigenvalue weighted by molar-refractivity contribution is 6.39. The first-order valence-corrected chi connectivity index (χ1v) is 11.5. The molecular weight excluding hydrogens is 498 g/mol. The van der Waals surface area contributed by atoms with Crippen LogP contribution in [0.4, 0.5) is 16.2 Å². The number of carbonyl (C=O) groups excluding carboxylic acids is 4. The maximum absolute atomic E-state index is 13.2. The Morgan fingerprint density at radius 1 is 1.05 bits per heavy atom. The number of nitrogens with one attached hydrogen (secondary N) is 2. The molecule has 4 rings (SSSR count). The molecule has 0 unspecified atom stereocenters. The second kappa shape index (κ2) is 11.0. The van der Waals surface area contributed by atoms with E-state index in [4.69, 9.17) is 21.1 Å². The Morgan fingerprint density at radius 3 is 2.49 bits per heavy atom. The Morgan fingerprint density at radius 2 is 1.78 bits per heavy atom. The van der Waals surface area contributed by atoms with Gasteiger partial charge in [0, 0.05) is 16.3 Å². The second-order valence-electron chi connectivity index (χ2n) is 7.99. The quantitative estimate of drug-likeness (QED) is 0.354. The Balaban J connectivity index is 1.53. The Hall–Kier alpha value is -4.63. The molecule has 0 aromatic heterocycles. The number of hydrogen-bond donors (Lipinski definition) is 2. The molecule has 0 saturated carbocycles. The van der Waals surface area contributed by atoms with Crippen LogP contribution in [-0.4, -0.2) is 37.5 Å². The van der Waals surface area contributed by atoms with E-state index in [2.05, 4.69) is 10.6 Å². The summed E-state index contributed by atoms with van der Waals surface area (Å²) >= 11 is 6.10. The standard InChI is InChI=1S/C27H22ClN3O6/c1-16-7-8-18(14-22(16)28)29-24(32)15-37-23-6-4-3-5-17(23)13-21-25(33)30-27(35)31(26(21)34)19-9-11-20(36-2)12-10-19/h3-14H,15H2,1-2H3,(H,29,32)(H,30,33,35)/b21-13+. The third-order valence-electron chi connectivity index (χ3n) is 5.47. The molecule has 0 spiro atoms. The van der Waals surface area contributed by atoms with Crippen LogP contribution in [0.2, 0.25) is 5.02 Å². The van der Waals surface area contributed by atoms with Crippen molar-refractivity contribution in [3.63, 3.8) is 0 Å². The Kier molecular flexibility index (Phi) is 7.55. The largest absolute Gasteiger partial charge is 0.497 e. The summed E-state index contributed by atoms with van der Waals surface area (Å²) in [5, 5.41) is 5.39. The minimum absolute atomic E-state index is 0.263. The molecule has 0 aliphatic carbocycles. The molecule has 1 aliphatic heterocycles. The smallest absolute Gasteiger partial charge is 0.335 e. The molecule has 5 amide bonds. The number of urea groups is 1. The van der Waals surface area contributed by atoms with Crippen LogP contribution in [0.15, 0.2) is 72.3 Å². The van der Waals surface area contributed by atoms with Crippen LogP contribution in [0.5, 0.6) is 11.5 Å². The van der Waals surface area contributed by atoms with E-state index in [1.807, 2.05) is 6.92 Å². The molecule has 1 fully saturated rings. The van der Waals surface area contributed by atoms with Crippen LogP contribution in [0.1, 0.15) is 11.1 Å². The number of ether oxygens (including phenoxy) is 2. The van der Waals surface area contributed by atoms with E-state index in [0.29, 0.717) is 22.0 Å². The van der Waals surface area contributed by atoms with Gasteiger partial charge in [-0.05, 0) is 61.0 Å². The third kappa shape index (κ3) is 5.79. The summed E-state index contributed by atoms with van der Waals surface area (Å²) < 4.78 is 10.8. The fourth-order valence-electron chi connectivity index (χ4n) is 3.52. The minimum Gasteiger partial charge on any atom is -0.497 e. The van der Waals surface area contributed by atoms with E-state index in [1.54, 1.807) is 54.6 Å². The molecule has 1 aliphatic rings. The van der Waals surface area contributed by atoms with Crippen molar-refractivity contribution in [2.24, 2.45) is 0 Å². The normalized spacial score (nSPS) is 14.4. The summed E-state index contributed by atoms with van der Waals surface area (Å²) in [4.78, 5) is 51.4. The van der Waals surface area contributed by atoms with Crippen LogP contribution in [0.25, 0.3) is 6.08 Å². The highest BCUT2D eigenvalue weighted by Crippen LogP contribution is 2.27. The highest BCUT2D eigenvalue weighted by Gasteiger charge is 2.37. The number of benzene rings is 3. The highest BCUT2D eigenvalue weighted by atomic mass is 35.5. The van der Waals surface area contributed by atoms with Gasteiger partial charge in [0.25, 0.3) is 17.7 Å². The van der Waals surface area contributed by atoms with Gasteiger partial charge in [-0.1, -0.05) is 35.9 Å². The van der Waals surface area contributed by atoms with Gasteiger partial charge in [-0.15, -0.1) is 0 Å². The maximum Gasteiger partial charge on any atom is 0.335 e. The first-order chi connectivity index (χ1) is 17.8. The van der Waals surface area contributed by atoms with Crippen LogP contribution in [0.3, 0.4) is 0 Å². The summed E-state index contributed by atoms with van der Waals surface area (Å²) in [6.07, 6.45) is 1.31. The molecule has 0 radical (unpaired) electrons. The van der Waals surface area contributed by atoms with Crippen LogP contribution < -0.4 is 25.0 Å². The number of nitrogens with zero attached hydrogens (tertiary/aromatic N) is 1. The average Bonchev–Trinajstić information content (AvgIpc) is 2.88. The monoisotopic (exact) mass is 519 g/mol. The summed E-state index contributed by atoms with van der Waals surface area (Å²) in [6, 6.07) is 17.1. The van der Waals surface area contributed by atoms with Gasteiger partial charge in [0.15, 0.2) is 6.61 Å². The lowest BCUT2D eigenvalue weighted by Crippen LogP contribution is -2.54. The number of rotatable bonds is 7. The molecule has 3 aromatic carbocycles. The zero-order chi connectivity index (χ0) is 26.5. The van der Waals surface area contributed by atoms with Gasteiger partial charge in [0.05, 0.1) is 12.8 Å². The summed E-state index contributed by atoms with van der Waals surface area (Å²) in [5.41, 5.74) is 1.76. The van der Waals surface area contributed by atoms with Gasteiger partial charge in [0.1, 0.15) is 17.1 Å². The lowest BCUT2D eigenvalue weighted by molar-refractivity contribution is -0.122. The van der Waals surface area contributed by atoms with Crippen molar-refractivity contribution < 1.29 is 28.7 Å². The molecule has 0 atom stereocenters. The number of carbonyl (C=O) groups is 4. The van der Waals surface area contributed by atoms with Gasteiger partial charge in [-0.2, -0.15) is 0 Å². The predicted octanol–water partition coefficient (Wildman–Crippen LogP) is 4.34. The van der Waals surface area contributed by atoms with E-state index < -0.39 is 23.8 Å². The minimum atomic E-state index is -0.866. The first kappa shape index (κ1) is 25.5. The Bertz CT molecular complexity index is 1420. The zero-order valence-electron chi connectivity index (χ0n) is 19.9. The molecule has 1 saturated heterocycles. The van der Waals surface area contributed by atoms with E-state index >= 15 is 0 Å². The van der Waals surface area contributed by atoms with Crippen molar-refractivity contribution >= 4 is 52.8 Å². The van der Waals surface area contributed by atoms with Gasteiger partial charge < -0.3 is 14.8 Å². The van der Waals surface area contributed by atoms with Gasteiger partial charge in [-0.3, -0.25) is 19.7 Å². The molecule has 3 aromatic rings. The van der Waals surface area contributed by atoms with E-state index in [0.717, 1.165) is 10.5 Å². The third-order valence-corrected chi connectivity index (χ3v) is 5.87. The fourth-order valence-corrected chi connectivity index (χ4v) is 3.70. The van der Waals surface area contributed by atoms with Crippen molar-refractivity contribution in [3.05, 3.63) is 88.5 Å². The number of hydrogen-bond acceptors (Lipinski definition) is 6. The van der Waals surface area contributed by atoms with Crippen molar-refractivity contribution in [3.8, 4) is 11.5 Å². The lowest BCUT2D eigenvalue weighted by atomic mass is 10.1. The molecule has 2 N–H and O–H groups in total. The second-order valence-corrected chi connectivity index (χ2v) is 8.40. The number of imide groups is 2. The molecular formula is C27H22ClN3O6. The van der Waals surface area contributed by atoms with Crippen molar-refractivity contribution in [2.75, 3.05) is 23.9 Å². The summed E-state index contributed by atoms with van der Waals surface area (Å²) in [5.74, 6) is -1.27. The number of halogens is 1. The number of amides is 5. The lowest BCUT2D eigenvalue weighted by Gasteiger charge is -2.26. The topological polar surface area (TPSA) is 114 Å². The molecule has 188 valence electrons. The first-order valence-electron chi connectivity index (χ1n) is 11.1. The van der Waals surface area contributed by atoms with Crippen molar-refractivity contribution in [2.45, 2.75) is 6.92 Å². The predicted molar refractivity (Wildman–Crippen MR) is 139 cm³/mol. The summed E-state index contributed by atoms with van der Waals surface area (Å²) in [6.45, 7) is 1.52. The molecule has 10 heteroatoms. The fraction of sp³-hybridized carbons (Fsp3) is 0.111. The summed E-state index contributed by atoms with van der Waals surface area (Å²) in [7, 11) is 1.49. The van der Waals surface area contributed by atoms with Crippen molar-refractivity contribution in [1.29, 1.82) is 0 Å². The number of anilines is 2. The molecule has 0 bridgehead atoms. The number of para-hydroxylation sites is 1. The number of methoxy groups -OCH3 is 1. The Labute approximate surface area is 217 Å². The van der Waals surface area contributed by atoms with E-state index in [9.17, 15) is 19.2 Å². The maximum atomic E-state index is 13.2. The van der Waals surface area contributed by atoms with Crippen LogP contribution in [0, 0.1) is 6.92 Å².